The van der Waals surface area contributed by atoms with Crippen LogP contribution in [0.25, 0.3) is 11.3 Å². The third-order valence-corrected chi connectivity index (χ3v) is 3.15. The van der Waals surface area contributed by atoms with Crippen LogP contribution in [-0.2, 0) is 9.53 Å². The smallest absolute Gasteiger partial charge is 0.254 e. The zero-order valence-corrected chi connectivity index (χ0v) is 11.6. The van der Waals surface area contributed by atoms with Crippen LogP contribution in [0.1, 0.15) is 0 Å². The van der Waals surface area contributed by atoms with Crippen molar-refractivity contribution in [1.82, 2.24) is 15.0 Å². The molecular weight excluding hydrogens is 289 g/mol. The number of aliphatic imine (C=N–C) groups is 1. The minimum absolute atomic E-state index is 0.0122. The molecule has 0 N–H and O–H groups in total. The monoisotopic (exact) mass is 301 g/mol. The van der Waals surface area contributed by atoms with Gasteiger partial charge in [0.1, 0.15) is 18.1 Å². The molecule has 7 nitrogen and oxygen atoms in total. The number of pyridine rings is 1. The first kappa shape index (κ1) is 14.2. The van der Waals surface area contributed by atoms with Gasteiger partial charge in [-0.1, -0.05) is 0 Å². The molecule has 1 saturated heterocycles. The summed E-state index contributed by atoms with van der Waals surface area (Å²) in [6.45, 7) is 4.17. The van der Waals surface area contributed by atoms with Crippen LogP contribution in [0.3, 0.4) is 0 Å². The first-order chi connectivity index (χ1) is 10.7. The van der Waals surface area contributed by atoms with Gasteiger partial charge in [-0.05, 0) is 18.9 Å². The standard InChI is InChI=1S/C14H12FN5O2/c1-16-14-18-7-10(15)13(19-14)9-2-3-17-11(6-9)20-4-5-22-8-12(20)21/h2-3,6-7H,1,4-5,8H2. The molecule has 0 unspecified atom stereocenters. The van der Waals surface area contributed by atoms with Crippen LogP contribution in [0, 0.1) is 5.82 Å². The summed E-state index contributed by atoms with van der Waals surface area (Å²) in [7, 11) is 0. The zero-order chi connectivity index (χ0) is 15.5. The molecule has 22 heavy (non-hydrogen) atoms. The molecule has 1 aliphatic heterocycles. The Balaban J connectivity index is 2.01. The molecule has 0 aromatic carbocycles. The van der Waals surface area contributed by atoms with Crippen molar-refractivity contribution in [3.8, 4) is 11.3 Å². The molecule has 3 rings (SSSR count). The Labute approximate surface area is 125 Å². The van der Waals surface area contributed by atoms with Crippen LogP contribution in [0.15, 0.2) is 29.5 Å². The highest BCUT2D eigenvalue weighted by molar-refractivity contribution is 5.94. The summed E-state index contributed by atoms with van der Waals surface area (Å²) in [5.74, 6) is -0.264. The van der Waals surface area contributed by atoms with Crippen LogP contribution in [-0.4, -0.2) is 47.3 Å². The SMILES string of the molecule is C=Nc1ncc(F)c(-c2ccnc(N3CCOCC3=O)c2)n1. The summed E-state index contributed by atoms with van der Waals surface area (Å²) in [6.07, 6.45) is 2.53. The highest BCUT2D eigenvalue weighted by Crippen LogP contribution is 2.25. The van der Waals surface area contributed by atoms with Crippen molar-refractivity contribution in [3.63, 3.8) is 0 Å². The molecule has 0 bridgehead atoms. The molecule has 0 saturated carbocycles. The van der Waals surface area contributed by atoms with E-state index < -0.39 is 5.82 Å². The van der Waals surface area contributed by atoms with Crippen molar-refractivity contribution in [2.75, 3.05) is 24.7 Å². The third-order valence-electron chi connectivity index (χ3n) is 3.15. The molecule has 2 aromatic rings. The van der Waals surface area contributed by atoms with Gasteiger partial charge in [-0.2, -0.15) is 0 Å². The van der Waals surface area contributed by atoms with E-state index in [1.165, 1.54) is 11.1 Å². The van der Waals surface area contributed by atoms with Gasteiger partial charge in [0.25, 0.3) is 5.91 Å². The first-order valence-electron chi connectivity index (χ1n) is 6.53. The molecule has 0 atom stereocenters. The van der Waals surface area contributed by atoms with Crippen molar-refractivity contribution in [2.24, 2.45) is 4.99 Å². The molecule has 1 amide bonds. The maximum absolute atomic E-state index is 13.9. The van der Waals surface area contributed by atoms with Crippen molar-refractivity contribution in [2.45, 2.75) is 0 Å². The van der Waals surface area contributed by atoms with E-state index in [0.29, 0.717) is 24.5 Å². The number of amides is 1. The van der Waals surface area contributed by atoms with E-state index in [0.717, 1.165) is 6.20 Å². The number of carbonyl (C=O) groups excluding carboxylic acids is 1. The number of morpholine rings is 1. The number of aromatic nitrogens is 3. The fourth-order valence-corrected chi connectivity index (χ4v) is 2.11. The Morgan fingerprint density at radius 2 is 2.27 bits per heavy atom. The average molecular weight is 301 g/mol. The summed E-state index contributed by atoms with van der Waals surface area (Å²) in [5, 5.41) is 0. The molecule has 0 spiro atoms. The van der Waals surface area contributed by atoms with Crippen LogP contribution in [0.2, 0.25) is 0 Å². The first-order valence-corrected chi connectivity index (χ1v) is 6.53. The second-order valence-electron chi connectivity index (χ2n) is 4.53. The molecule has 1 fully saturated rings. The van der Waals surface area contributed by atoms with Gasteiger partial charge in [0.05, 0.1) is 19.3 Å². The van der Waals surface area contributed by atoms with Gasteiger partial charge in [0, 0.05) is 11.8 Å². The van der Waals surface area contributed by atoms with Crippen molar-refractivity contribution in [1.29, 1.82) is 0 Å². The number of ether oxygens (including phenoxy) is 1. The molecular formula is C14H12FN5O2. The third kappa shape index (κ3) is 2.68. The molecule has 1 aliphatic rings. The maximum atomic E-state index is 13.9. The van der Waals surface area contributed by atoms with Gasteiger partial charge in [0.2, 0.25) is 5.95 Å². The molecule has 0 aliphatic carbocycles. The van der Waals surface area contributed by atoms with E-state index in [2.05, 4.69) is 26.7 Å². The molecule has 3 heterocycles. The predicted molar refractivity (Wildman–Crippen MR) is 77.6 cm³/mol. The minimum Gasteiger partial charge on any atom is -0.370 e. The summed E-state index contributed by atoms with van der Waals surface area (Å²) in [6, 6.07) is 3.20. The quantitative estimate of drug-likeness (QED) is 0.800. The molecule has 8 heteroatoms. The van der Waals surface area contributed by atoms with Gasteiger partial charge < -0.3 is 4.74 Å². The lowest BCUT2D eigenvalue weighted by Gasteiger charge is -2.26. The van der Waals surface area contributed by atoms with Crippen molar-refractivity contribution in [3.05, 3.63) is 30.3 Å². The number of anilines is 1. The lowest BCUT2D eigenvalue weighted by atomic mass is 10.1. The van der Waals surface area contributed by atoms with Crippen LogP contribution >= 0.6 is 0 Å². The Bertz CT molecular complexity index is 737. The zero-order valence-electron chi connectivity index (χ0n) is 11.6. The molecule has 2 aromatic heterocycles. The number of hydrogen-bond donors (Lipinski definition) is 0. The van der Waals surface area contributed by atoms with E-state index in [1.54, 1.807) is 12.1 Å². The van der Waals surface area contributed by atoms with Crippen LogP contribution in [0.4, 0.5) is 16.2 Å². The normalized spacial score (nSPS) is 15.0. The minimum atomic E-state index is -0.585. The van der Waals surface area contributed by atoms with E-state index in [1.807, 2.05) is 0 Å². The van der Waals surface area contributed by atoms with Crippen LogP contribution < -0.4 is 4.90 Å². The second kappa shape index (κ2) is 5.94. The number of carbonyl (C=O) groups is 1. The predicted octanol–water partition coefficient (Wildman–Crippen LogP) is 1.37. The Hall–Kier alpha value is -2.74. The van der Waals surface area contributed by atoms with Gasteiger partial charge in [-0.3, -0.25) is 9.69 Å². The number of halogens is 1. The topological polar surface area (TPSA) is 80.6 Å². The van der Waals surface area contributed by atoms with Crippen LogP contribution in [0.5, 0.6) is 0 Å². The lowest BCUT2D eigenvalue weighted by Crippen LogP contribution is -2.42. The second-order valence-corrected chi connectivity index (χ2v) is 4.53. The summed E-state index contributed by atoms with van der Waals surface area (Å²) in [5.41, 5.74) is 0.566. The van der Waals surface area contributed by atoms with Gasteiger partial charge in [0.15, 0.2) is 5.82 Å². The fraction of sp³-hybridized carbons (Fsp3) is 0.214. The summed E-state index contributed by atoms with van der Waals surface area (Å²) < 4.78 is 19.0. The Morgan fingerprint density at radius 3 is 3.05 bits per heavy atom. The van der Waals surface area contributed by atoms with Crippen molar-refractivity contribution >= 4 is 24.4 Å². The number of nitrogens with zero attached hydrogens (tertiary/aromatic N) is 5. The summed E-state index contributed by atoms with van der Waals surface area (Å²) >= 11 is 0. The number of hydrogen-bond acceptors (Lipinski definition) is 6. The van der Waals surface area contributed by atoms with Gasteiger partial charge >= 0.3 is 0 Å². The highest BCUT2D eigenvalue weighted by Gasteiger charge is 2.22. The molecule has 112 valence electrons. The summed E-state index contributed by atoms with van der Waals surface area (Å²) in [4.78, 5) is 28.8. The van der Waals surface area contributed by atoms with E-state index in [-0.39, 0.29) is 24.2 Å². The lowest BCUT2D eigenvalue weighted by molar-refractivity contribution is -0.125. The largest absolute Gasteiger partial charge is 0.370 e. The van der Waals surface area contributed by atoms with Gasteiger partial charge in [-0.25, -0.2) is 24.3 Å². The van der Waals surface area contributed by atoms with Crippen molar-refractivity contribution < 1.29 is 13.9 Å². The van der Waals surface area contributed by atoms with E-state index in [9.17, 15) is 9.18 Å². The number of rotatable bonds is 3. The highest BCUT2D eigenvalue weighted by atomic mass is 19.1. The van der Waals surface area contributed by atoms with E-state index >= 15 is 0 Å². The Morgan fingerprint density at radius 1 is 1.41 bits per heavy atom. The maximum Gasteiger partial charge on any atom is 0.254 e. The average Bonchev–Trinajstić information content (AvgIpc) is 2.56. The van der Waals surface area contributed by atoms with E-state index in [4.69, 9.17) is 4.74 Å². The fourth-order valence-electron chi connectivity index (χ4n) is 2.11. The van der Waals surface area contributed by atoms with Gasteiger partial charge in [-0.15, -0.1) is 0 Å². The Kier molecular flexibility index (Phi) is 3.84. The molecule has 0 radical (unpaired) electrons.